The fraction of sp³-hybridized carbons (Fsp3) is 0.0545. The minimum absolute atomic E-state index is 0.276. The molecule has 10 aromatic carbocycles. The van der Waals surface area contributed by atoms with Crippen molar-refractivity contribution in [2.45, 2.75) is 18.4 Å². The molecule has 1 N–H and O–H groups in total. The second kappa shape index (κ2) is 12.3. The Labute approximate surface area is 326 Å². The van der Waals surface area contributed by atoms with Crippen LogP contribution in [0.2, 0.25) is 0 Å². The highest BCUT2D eigenvalue weighted by Gasteiger charge is 2.37. The van der Waals surface area contributed by atoms with Gasteiger partial charge in [0.25, 0.3) is 0 Å². The van der Waals surface area contributed by atoms with Crippen LogP contribution < -0.4 is 5.32 Å². The van der Waals surface area contributed by atoms with Gasteiger partial charge in [-0.3, -0.25) is 0 Å². The molecule has 0 aromatic heterocycles. The van der Waals surface area contributed by atoms with Crippen molar-refractivity contribution in [1.29, 1.82) is 0 Å². The first-order chi connectivity index (χ1) is 27.7. The number of nitrogens with one attached hydrogen (secondary N) is 1. The molecule has 56 heavy (non-hydrogen) atoms. The van der Waals surface area contributed by atoms with E-state index in [0.29, 0.717) is 5.92 Å². The zero-order valence-corrected chi connectivity index (χ0v) is 30.8. The molecule has 2 unspecified atom stereocenters. The summed E-state index contributed by atoms with van der Waals surface area (Å²) in [6, 6.07) is 72.8. The highest BCUT2D eigenvalue weighted by molar-refractivity contribution is 6.22. The van der Waals surface area contributed by atoms with E-state index in [0.717, 1.165) is 6.42 Å². The summed E-state index contributed by atoms with van der Waals surface area (Å²) in [5.74, 6) is 0.415. The lowest BCUT2D eigenvalue weighted by Gasteiger charge is -2.19. The predicted octanol–water partition coefficient (Wildman–Crippen LogP) is 14.8. The maximum absolute atomic E-state index is 3.89. The van der Waals surface area contributed by atoms with Crippen LogP contribution in [0, 0.1) is 0 Å². The second-order valence-corrected chi connectivity index (χ2v) is 15.7. The second-order valence-electron chi connectivity index (χ2n) is 15.7. The summed E-state index contributed by atoms with van der Waals surface area (Å²) < 4.78 is 0. The minimum atomic E-state index is 0.276. The van der Waals surface area contributed by atoms with Gasteiger partial charge in [-0.05, 0) is 141 Å². The molecule has 2 aliphatic rings. The molecule has 1 heterocycles. The standard InChI is InChI=1S/C55H37N/c1-2-12-35-30-41(27-21-34(35)11-1)53-45-15-4-6-17-47(45)54(48-18-7-5-16-46(48)53)42-28-25-36-29-37(22-23-38(36)31-42)39-24-26-40-33-51-44-14-9-10-20-52(44)56-55(51)49-19-8-3-13-43(49)50(40)32-39/h1-32,51,55-56H,33H2. The molecule has 1 aliphatic carbocycles. The number of para-hydroxylation sites is 1. The Morgan fingerprint density at radius 3 is 1.54 bits per heavy atom. The Balaban J connectivity index is 0.962. The van der Waals surface area contributed by atoms with E-state index in [-0.39, 0.29) is 6.04 Å². The summed E-state index contributed by atoms with van der Waals surface area (Å²) in [7, 11) is 0. The molecule has 12 rings (SSSR count). The van der Waals surface area contributed by atoms with E-state index in [1.54, 1.807) is 0 Å². The lowest BCUT2D eigenvalue weighted by atomic mass is 9.85. The van der Waals surface area contributed by atoms with Gasteiger partial charge in [0, 0.05) is 11.6 Å². The number of fused-ring (bicyclic) bond motifs is 11. The fourth-order valence-corrected chi connectivity index (χ4v) is 10.0. The number of hydrogen-bond donors (Lipinski definition) is 1. The van der Waals surface area contributed by atoms with Gasteiger partial charge in [-0.25, -0.2) is 0 Å². The van der Waals surface area contributed by atoms with Crippen LogP contribution >= 0.6 is 0 Å². The molecule has 1 heteroatoms. The van der Waals surface area contributed by atoms with E-state index in [4.69, 9.17) is 0 Å². The average Bonchev–Trinajstić information content (AvgIpc) is 3.56. The monoisotopic (exact) mass is 711 g/mol. The summed E-state index contributed by atoms with van der Waals surface area (Å²) in [6.45, 7) is 0. The number of hydrogen-bond acceptors (Lipinski definition) is 1. The van der Waals surface area contributed by atoms with Gasteiger partial charge >= 0.3 is 0 Å². The highest BCUT2D eigenvalue weighted by atomic mass is 15.0. The highest BCUT2D eigenvalue weighted by Crippen LogP contribution is 2.52. The smallest absolute Gasteiger partial charge is 0.0592 e. The van der Waals surface area contributed by atoms with Crippen molar-refractivity contribution in [3.8, 4) is 44.5 Å². The molecule has 0 saturated carbocycles. The summed E-state index contributed by atoms with van der Waals surface area (Å²) in [4.78, 5) is 0. The third-order valence-electron chi connectivity index (χ3n) is 12.6. The molecular formula is C55H37N. The van der Waals surface area contributed by atoms with Crippen molar-refractivity contribution >= 4 is 48.8 Å². The van der Waals surface area contributed by atoms with Gasteiger partial charge in [-0.1, -0.05) is 164 Å². The SMILES string of the molecule is c1ccc2c(c1)NC1c3ccccc3-c3cc(-c4ccc5cc(-c6c7ccccc7c(-c7ccc8ccccc8c7)c7ccccc67)ccc5c4)ccc3CC21. The van der Waals surface area contributed by atoms with E-state index < -0.39 is 0 Å². The maximum Gasteiger partial charge on any atom is 0.0592 e. The van der Waals surface area contributed by atoms with Crippen LogP contribution in [0.15, 0.2) is 194 Å². The Morgan fingerprint density at radius 1 is 0.357 bits per heavy atom. The van der Waals surface area contributed by atoms with Crippen LogP contribution in [0.4, 0.5) is 5.69 Å². The van der Waals surface area contributed by atoms with Crippen LogP contribution in [0.3, 0.4) is 0 Å². The van der Waals surface area contributed by atoms with E-state index in [1.807, 2.05) is 0 Å². The molecule has 1 nitrogen and oxygen atoms in total. The molecule has 10 aromatic rings. The Kier molecular flexibility index (Phi) is 6.88. The van der Waals surface area contributed by atoms with Gasteiger partial charge in [-0.15, -0.1) is 0 Å². The topological polar surface area (TPSA) is 12.0 Å². The number of anilines is 1. The van der Waals surface area contributed by atoms with Crippen molar-refractivity contribution in [3.63, 3.8) is 0 Å². The first-order valence-corrected chi connectivity index (χ1v) is 19.8. The molecular weight excluding hydrogens is 675 g/mol. The number of benzene rings is 10. The van der Waals surface area contributed by atoms with Crippen LogP contribution in [0.1, 0.15) is 28.7 Å². The average molecular weight is 712 g/mol. The lowest BCUT2D eigenvalue weighted by molar-refractivity contribution is 0.625. The summed E-state index contributed by atoms with van der Waals surface area (Å²) in [6.07, 6.45) is 1.02. The predicted molar refractivity (Wildman–Crippen MR) is 237 cm³/mol. The van der Waals surface area contributed by atoms with Crippen molar-refractivity contribution in [2.75, 3.05) is 5.32 Å². The summed E-state index contributed by atoms with van der Waals surface area (Å²) in [5.41, 5.74) is 15.8. The third-order valence-corrected chi connectivity index (χ3v) is 12.6. The van der Waals surface area contributed by atoms with Gasteiger partial charge in [0.15, 0.2) is 0 Å². The van der Waals surface area contributed by atoms with Gasteiger partial charge in [0.2, 0.25) is 0 Å². The third kappa shape index (κ3) is 4.81. The van der Waals surface area contributed by atoms with Gasteiger partial charge in [0.1, 0.15) is 0 Å². The Hall–Kier alpha value is -6.96. The van der Waals surface area contributed by atoms with Gasteiger partial charge < -0.3 is 5.32 Å². The summed E-state index contributed by atoms with van der Waals surface area (Å²) >= 11 is 0. The zero-order valence-electron chi connectivity index (χ0n) is 30.8. The van der Waals surface area contributed by atoms with E-state index in [1.165, 1.54) is 110 Å². The van der Waals surface area contributed by atoms with Crippen LogP contribution in [-0.2, 0) is 6.42 Å². The summed E-state index contributed by atoms with van der Waals surface area (Å²) in [5, 5.41) is 14.0. The molecule has 0 spiro atoms. The van der Waals surface area contributed by atoms with Crippen molar-refractivity contribution in [1.82, 2.24) is 0 Å². The molecule has 0 fully saturated rings. The fourth-order valence-electron chi connectivity index (χ4n) is 10.0. The molecule has 1 aliphatic heterocycles. The van der Waals surface area contributed by atoms with E-state index in [2.05, 4.69) is 199 Å². The molecule has 0 bridgehead atoms. The maximum atomic E-state index is 3.89. The molecule has 2 atom stereocenters. The van der Waals surface area contributed by atoms with Crippen molar-refractivity contribution in [2.24, 2.45) is 0 Å². The van der Waals surface area contributed by atoms with Gasteiger partial charge in [0.05, 0.1) is 6.04 Å². The van der Waals surface area contributed by atoms with Gasteiger partial charge in [-0.2, -0.15) is 0 Å². The van der Waals surface area contributed by atoms with Crippen molar-refractivity contribution in [3.05, 3.63) is 211 Å². The first-order valence-electron chi connectivity index (χ1n) is 19.8. The quantitative estimate of drug-likeness (QED) is 0.180. The Morgan fingerprint density at radius 2 is 0.839 bits per heavy atom. The lowest BCUT2D eigenvalue weighted by Crippen LogP contribution is -2.12. The largest absolute Gasteiger partial charge is 0.377 e. The normalized spacial score (nSPS) is 15.6. The van der Waals surface area contributed by atoms with Crippen LogP contribution in [0.25, 0.3) is 87.6 Å². The van der Waals surface area contributed by atoms with Crippen LogP contribution in [0.5, 0.6) is 0 Å². The molecule has 262 valence electrons. The Bertz CT molecular complexity index is 3170. The number of rotatable bonds is 3. The molecule has 0 radical (unpaired) electrons. The first kappa shape index (κ1) is 31.4. The molecule has 0 saturated heterocycles. The minimum Gasteiger partial charge on any atom is -0.377 e. The molecule has 0 amide bonds. The van der Waals surface area contributed by atoms with E-state index >= 15 is 0 Å². The van der Waals surface area contributed by atoms with Crippen LogP contribution in [-0.4, -0.2) is 0 Å². The van der Waals surface area contributed by atoms with E-state index in [9.17, 15) is 0 Å². The van der Waals surface area contributed by atoms with Crippen molar-refractivity contribution < 1.29 is 0 Å². The zero-order chi connectivity index (χ0) is 36.7.